The lowest BCUT2D eigenvalue weighted by atomic mass is 10.1. The Balaban J connectivity index is 0.000000238. The molecule has 0 saturated heterocycles. The Morgan fingerprint density at radius 3 is 2.12 bits per heavy atom. The number of nitrogens with zero attached hydrogens (tertiary/aromatic N) is 5. The molecule has 0 saturated carbocycles. The van der Waals surface area contributed by atoms with E-state index in [1.165, 1.54) is 11.1 Å². The molecule has 0 atom stereocenters. The van der Waals surface area contributed by atoms with E-state index in [0.29, 0.717) is 34.7 Å². The molecule has 0 fully saturated rings. The van der Waals surface area contributed by atoms with Crippen LogP contribution in [-0.4, -0.2) is 109 Å². The first-order valence-electron chi connectivity index (χ1n) is 18.4. The fraction of sp³-hybridized carbons (Fsp3) is 0.282. The molecule has 0 aromatic heterocycles. The van der Waals surface area contributed by atoms with Crippen molar-refractivity contribution in [2.75, 3.05) is 48.7 Å². The summed E-state index contributed by atoms with van der Waals surface area (Å²) in [6, 6.07) is 25.3. The van der Waals surface area contributed by atoms with Crippen molar-refractivity contribution in [3.8, 4) is 0 Å². The summed E-state index contributed by atoms with van der Waals surface area (Å²) in [5, 5.41) is 45.7. The van der Waals surface area contributed by atoms with E-state index in [1.54, 1.807) is 13.1 Å². The number of hydroxylamine groups is 2. The molecular formula is C39H42Cl7N7O9S2. The Kier molecular flexibility index (Phi) is 21.8. The number of carboxylic acids is 1. The number of aliphatic hydroxyl groups is 2. The first-order valence-corrected chi connectivity index (χ1v) is 24.3. The Bertz CT molecular complexity index is 2620. The van der Waals surface area contributed by atoms with Crippen LogP contribution >= 0.6 is 81.2 Å². The number of sulfonamides is 2. The van der Waals surface area contributed by atoms with Crippen LogP contribution in [0.1, 0.15) is 24.0 Å². The molecule has 2 heterocycles. The SMILES string of the molecule is CN=C1CN(O)C(c2ccccc2)=c2cc(Cl)ccc2=N1.NS(=O)(=O)c1cc2c(cc1Cl)NC=NS2(=O)=O.O=C(O)CCCc1ccc(N(CCCl)CCCl)cc1.OC(O)C(Cl)(Cl)Cl. The molecule has 6 rings (SSSR count). The summed E-state index contributed by atoms with van der Waals surface area (Å²) in [7, 11) is -6.34. The van der Waals surface area contributed by atoms with E-state index in [1.807, 2.05) is 66.7 Å². The minimum absolute atomic E-state index is 0.150. The average Bonchev–Trinajstić information content (AvgIpc) is 3.35. The van der Waals surface area contributed by atoms with Crippen LogP contribution in [0, 0.1) is 0 Å². The Hall–Kier alpha value is -3.47. The van der Waals surface area contributed by atoms with Gasteiger partial charge in [-0.25, -0.2) is 23.6 Å². The predicted molar refractivity (Wildman–Crippen MR) is 254 cm³/mol. The number of fused-ring (bicyclic) bond motifs is 2. The number of aliphatic hydroxyl groups excluding tert-OH is 1. The van der Waals surface area contributed by atoms with E-state index in [2.05, 4.69) is 24.6 Å². The van der Waals surface area contributed by atoms with Gasteiger partial charge in [-0.3, -0.25) is 15.0 Å². The molecule has 348 valence electrons. The van der Waals surface area contributed by atoms with Gasteiger partial charge in [0.25, 0.3) is 10.0 Å². The number of aliphatic carboxylic acids is 1. The molecule has 2 aliphatic heterocycles. The number of anilines is 2. The lowest BCUT2D eigenvalue weighted by molar-refractivity contribution is -0.137. The third-order valence-electron chi connectivity index (χ3n) is 8.51. The van der Waals surface area contributed by atoms with Crippen LogP contribution in [0.2, 0.25) is 10.0 Å². The molecule has 0 amide bonds. The van der Waals surface area contributed by atoms with Crippen LogP contribution in [-0.2, 0) is 31.3 Å². The van der Waals surface area contributed by atoms with Gasteiger partial charge in [-0.15, -0.1) is 27.6 Å². The molecule has 4 aromatic carbocycles. The lowest BCUT2D eigenvalue weighted by Gasteiger charge is -2.23. The zero-order chi connectivity index (χ0) is 47.8. The van der Waals surface area contributed by atoms with Gasteiger partial charge in [-0.1, -0.05) is 100 Å². The zero-order valence-corrected chi connectivity index (χ0v) is 40.4. The number of aliphatic imine (C=N–C) groups is 1. The highest BCUT2D eigenvalue weighted by Gasteiger charge is 2.28. The molecule has 0 aliphatic carbocycles. The number of hydrogen-bond acceptors (Lipinski definition) is 12. The summed E-state index contributed by atoms with van der Waals surface area (Å²) >= 11 is 38.1. The Morgan fingerprint density at radius 1 is 0.984 bits per heavy atom. The van der Waals surface area contributed by atoms with E-state index in [4.69, 9.17) is 102 Å². The van der Waals surface area contributed by atoms with Crippen LogP contribution in [0.5, 0.6) is 0 Å². The third-order valence-corrected chi connectivity index (χ3v) is 12.3. The number of carboxylic acid groups (broad SMARTS) is 1. The van der Waals surface area contributed by atoms with Crippen molar-refractivity contribution in [3.05, 3.63) is 117 Å². The van der Waals surface area contributed by atoms with Crippen molar-refractivity contribution in [2.24, 2.45) is 19.5 Å². The molecule has 16 nitrogen and oxygen atoms in total. The fourth-order valence-corrected chi connectivity index (χ4v) is 8.26. The second kappa shape index (κ2) is 25.4. The summed E-state index contributed by atoms with van der Waals surface area (Å²) in [5.41, 5.74) is 3.98. The summed E-state index contributed by atoms with van der Waals surface area (Å²) in [6.45, 7) is 1.77. The number of alkyl halides is 5. The molecule has 25 heteroatoms. The van der Waals surface area contributed by atoms with Gasteiger partial charge in [0.2, 0.25) is 13.8 Å². The molecular weight excluding hydrogens is 1020 g/mol. The Labute approximate surface area is 404 Å². The van der Waals surface area contributed by atoms with E-state index >= 15 is 0 Å². The average molecular weight is 1070 g/mol. The number of nitrogens with one attached hydrogen (secondary N) is 1. The topological polar surface area (TPSA) is 248 Å². The Morgan fingerprint density at radius 2 is 1.59 bits per heavy atom. The summed E-state index contributed by atoms with van der Waals surface area (Å²) in [5.74, 6) is 0.952. The number of aryl methyl sites for hydroxylation is 1. The van der Waals surface area contributed by atoms with E-state index in [9.17, 15) is 26.8 Å². The minimum Gasteiger partial charge on any atom is -0.481 e. The summed E-state index contributed by atoms with van der Waals surface area (Å²) < 4.78 is 46.7. The van der Waals surface area contributed by atoms with Crippen LogP contribution in [0.25, 0.3) is 5.70 Å². The van der Waals surface area contributed by atoms with Gasteiger partial charge >= 0.3 is 5.97 Å². The largest absolute Gasteiger partial charge is 0.481 e. The third kappa shape index (κ3) is 17.1. The highest BCUT2D eigenvalue weighted by atomic mass is 35.6. The number of amidine groups is 1. The van der Waals surface area contributed by atoms with Gasteiger partial charge in [-0.2, -0.15) is 8.42 Å². The van der Waals surface area contributed by atoms with E-state index in [0.717, 1.165) is 59.3 Å². The van der Waals surface area contributed by atoms with Crippen molar-refractivity contribution >= 4 is 136 Å². The number of primary sulfonamides is 1. The maximum absolute atomic E-state index is 11.5. The van der Waals surface area contributed by atoms with Crippen LogP contribution in [0.3, 0.4) is 0 Å². The quantitative estimate of drug-likeness (QED) is 0.0746. The molecule has 7 N–H and O–H groups in total. The first-order chi connectivity index (χ1) is 30.0. The van der Waals surface area contributed by atoms with Crippen molar-refractivity contribution in [1.29, 1.82) is 0 Å². The smallest absolute Gasteiger partial charge is 0.303 e. The molecule has 4 aromatic rings. The van der Waals surface area contributed by atoms with Crippen molar-refractivity contribution < 1.29 is 42.2 Å². The second-order valence-corrected chi connectivity index (χ2v) is 20.2. The van der Waals surface area contributed by atoms with Gasteiger partial charge in [0.1, 0.15) is 28.5 Å². The number of rotatable bonds is 11. The normalized spacial score (nSPS) is 14.5. The number of halogens is 7. The zero-order valence-electron chi connectivity index (χ0n) is 33.5. The number of nitrogens with two attached hydrogens (primary N) is 1. The lowest BCUT2D eigenvalue weighted by Crippen LogP contribution is -2.31. The first kappa shape index (κ1) is 54.9. The summed E-state index contributed by atoms with van der Waals surface area (Å²) in [4.78, 5) is 20.4. The van der Waals surface area contributed by atoms with Gasteiger partial charge < -0.3 is 25.5 Å². The number of carbonyl (C=O) groups is 1. The molecule has 0 spiro atoms. The predicted octanol–water partition coefficient (Wildman–Crippen LogP) is 6.02. The number of benzene rings is 4. The minimum atomic E-state index is -4.09. The van der Waals surface area contributed by atoms with E-state index in [-0.39, 0.29) is 28.6 Å². The van der Waals surface area contributed by atoms with Crippen molar-refractivity contribution in [1.82, 2.24) is 5.06 Å². The molecule has 0 bridgehead atoms. The highest BCUT2D eigenvalue weighted by Crippen LogP contribution is 2.33. The highest BCUT2D eigenvalue weighted by molar-refractivity contribution is 7.91. The van der Waals surface area contributed by atoms with Crippen LogP contribution in [0.15, 0.2) is 109 Å². The van der Waals surface area contributed by atoms with Crippen LogP contribution < -0.4 is 25.9 Å². The monoisotopic (exact) mass is 1060 g/mol. The van der Waals surface area contributed by atoms with Gasteiger partial charge in [0, 0.05) is 59.8 Å². The maximum Gasteiger partial charge on any atom is 0.303 e. The van der Waals surface area contributed by atoms with Gasteiger partial charge in [-0.05, 0) is 60.9 Å². The maximum atomic E-state index is 11.5. The fourth-order valence-electron chi connectivity index (χ4n) is 5.54. The second-order valence-electron chi connectivity index (χ2n) is 13.1. The van der Waals surface area contributed by atoms with Crippen molar-refractivity contribution in [2.45, 2.75) is 39.1 Å². The van der Waals surface area contributed by atoms with Crippen LogP contribution in [0.4, 0.5) is 11.4 Å². The molecule has 2 aliphatic rings. The molecule has 0 radical (unpaired) electrons. The standard InChI is InChI=1S/C16H14ClN3O.C14H19Cl2NO2.C7H6ClN3O4S2.C2H3Cl3O2/c1-18-15-10-20(21)16(11-5-3-2-4-6-11)13-9-12(17)7-8-14(13)19-15;15-8-10-17(11-9-16)13-6-4-12(5-7-13)2-1-3-14(18)19;8-4-1-5-7(2-6(4)16(9,12)13)17(14,15)11-3-10-5;3-2(4,5)1(6)7/h2-9,21H,10H2,1H3;4-7H,1-3,8-11H2,(H,18,19);1-3H,(H,10,11)(H2,9,12,13);1,6-7H. The van der Waals surface area contributed by atoms with Gasteiger partial charge in [0.05, 0.1) is 21.8 Å². The summed E-state index contributed by atoms with van der Waals surface area (Å²) in [6.07, 6.45) is 0.744. The van der Waals surface area contributed by atoms with E-state index < -0.39 is 41.0 Å². The molecule has 0 unspecified atom stereocenters. The van der Waals surface area contributed by atoms with Gasteiger partial charge in [0.15, 0.2) is 6.29 Å². The molecule has 64 heavy (non-hydrogen) atoms. The van der Waals surface area contributed by atoms with Crippen molar-refractivity contribution in [3.63, 3.8) is 0 Å². The number of hydrogen-bond donors (Lipinski definition) is 6.